The summed E-state index contributed by atoms with van der Waals surface area (Å²) in [5, 5.41) is 7.92. The molecule has 10 heteroatoms. The Labute approximate surface area is 140 Å². The molecule has 130 valence electrons. The van der Waals surface area contributed by atoms with Gasteiger partial charge in [0.25, 0.3) is 0 Å². The lowest BCUT2D eigenvalue weighted by molar-refractivity contribution is -0.141. The molecule has 4 heterocycles. The van der Waals surface area contributed by atoms with Crippen LogP contribution in [0.2, 0.25) is 0 Å². The van der Waals surface area contributed by atoms with E-state index in [1.807, 2.05) is 22.6 Å². The van der Waals surface area contributed by atoms with Gasteiger partial charge in [0, 0.05) is 32.4 Å². The molecule has 4 rings (SSSR count). The average Bonchev–Trinajstić information content (AvgIpc) is 3.10. The van der Waals surface area contributed by atoms with Crippen LogP contribution in [0, 0.1) is 0 Å². The fraction of sp³-hybridized carbons (Fsp3) is 0.333. The van der Waals surface area contributed by atoms with Gasteiger partial charge in [-0.2, -0.15) is 13.2 Å². The van der Waals surface area contributed by atoms with Crippen LogP contribution in [0.1, 0.15) is 5.69 Å². The third-order valence-electron chi connectivity index (χ3n) is 4.13. The molecule has 7 nitrogen and oxygen atoms in total. The molecule has 3 aromatic rings. The standard InChI is InChI=1S/C15H14F3N7/c16-15(17,18)11-4-5-19-14(21-11)24-8-6-23(7-9-24)13-3-1-2-12-22-20-10-25(12)13/h1-5,10H,6-9H2. The van der Waals surface area contributed by atoms with Crippen molar-refractivity contribution in [2.45, 2.75) is 6.18 Å². The highest BCUT2D eigenvalue weighted by atomic mass is 19.4. The van der Waals surface area contributed by atoms with Gasteiger partial charge in [0.15, 0.2) is 5.65 Å². The molecule has 0 bridgehead atoms. The first-order chi connectivity index (χ1) is 12.0. The van der Waals surface area contributed by atoms with Crippen LogP contribution in [0.25, 0.3) is 5.65 Å². The number of rotatable bonds is 2. The molecule has 0 spiro atoms. The molecule has 1 fully saturated rings. The molecule has 1 saturated heterocycles. The second-order valence-corrected chi connectivity index (χ2v) is 5.66. The van der Waals surface area contributed by atoms with Gasteiger partial charge in [0.05, 0.1) is 0 Å². The van der Waals surface area contributed by atoms with E-state index in [9.17, 15) is 13.2 Å². The van der Waals surface area contributed by atoms with Crippen LogP contribution in [0.15, 0.2) is 36.8 Å². The third-order valence-corrected chi connectivity index (χ3v) is 4.13. The Morgan fingerprint density at radius 2 is 1.72 bits per heavy atom. The Kier molecular flexibility index (Phi) is 3.66. The third kappa shape index (κ3) is 2.94. The van der Waals surface area contributed by atoms with E-state index in [0.717, 1.165) is 23.7 Å². The molecule has 0 saturated carbocycles. The summed E-state index contributed by atoms with van der Waals surface area (Å²) >= 11 is 0. The SMILES string of the molecule is FC(F)(F)c1ccnc(N2CCN(c3cccc4nncn34)CC2)n1. The lowest BCUT2D eigenvalue weighted by atomic mass is 10.3. The molecule has 0 unspecified atom stereocenters. The maximum atomic E-state index is 12.8. The summed E-state index contributed by atoms with van der Waals surface area (Å²) in [7, 11) is 0. The minimum absolute atomic E-state index is 0.108. The van der Waals surface area contributed by atoms with Crippen LogP contribution in [0.4, 0.5) is 24.9 Å². The van der Waals surface area contributed by atoms with Crippen LogP contribution < -0.4 is 9.80 Å². The summed E-state index contributed by atoms with van der Waals surface area (Å²) in [5.74, 6) is 1.06. The van der Waals surface area contributed by atoms with Crippen molar-refractivity contribution in [1.82, 2.24) is 24.6 Å². The summed E-state index contributed by atoms with van der Waals surface area (Å²) in [6.45, 7) is 2.33. The predicted molar refractivity (Wildman–Crippen MR) is 84.4 cm³/mol. The Bertz CT molecular complexity index is 884. The summed E-state index contributed by atoms with van der Waals surface area (Å²) in [5.41, 5.74) is -0.171. The minimum Gasteiger partial charge on any atom is -0.354 e. The van der Waals surface area contributed by atoms with E-state index in [-0.39, 0.29) is 5.95 Å². The number of nitrogens with zero attached hydrogens (tertiary/aromatic N) is 7. The molecule has 1 aliphatic rings. The first-order valence-electron chi connectivity index (χ1n) is 7.71. The molecule has 1 aliphatic heterocycles. The highest BCUT2D eigenvalue weighted by Gasteiger charge is 2.33. The minimum atomic E-state index is -4.47. The number of halogens is 3. The van der Waals surface area contributed by atoms with Gasteiger partial charge in [-0.25, -0.2) is 9.97 Å². The van der Waals surface area contributed by atoms with E-state index in [0.29, 0.717) is 26.2 Å². The van der Waals surface area contributed by atoms with Gasteiger partial charge in [0.2, 0.25) is 5.95 Å². The molecule has 25 heavy (non-hydrogen) atoms. The van der Waals surface area contributed by atoms with Crippen molar-refractivity contribution in [1.29, 1.82) is 0 Å². The molecule has 3 aromatic heterocycles. The van der Waals surface area contributed by atoms with Crippen molar-refractivity contribution in [3.05, 3.63) is 42.5 Å². The van der Waals surface area contributed by atoms with Gasteiger partial charge in [-0.05, 0) is 18.2 Å². The lowest BCUT2D eigenvalue weighted by Gasteiger charge is -2.36. The van der Waals surface area contributed by atoms with Crippen molar-refractivity contribution >= 4 is 17.4 Å². The lowest BCUT2D eigenvalue weighted by Crippen LogP contribution is -2.47. The number of piperazine rings is 1. The molecule has 0 radical (unpaired) electrons. The van der Waals surface area contributed by atoms with Gasteiger partial charge in [-0.3, -0.25) is 4.40 Å². The van der Waals surface area contributed by atoms with Crippen LogP contribution >= 0.6 is 0 Å². The number of hydrogen-bond donors (Lipinski definition) is 0. The maximum Gasteiger partial charge on any atom is 0.433 e. The summed E-state index contributed by atoms with van der Waals surface area (Å²) in [6.07, 6.45) is -1.67. The van der Waals surface area contributed by atoms with Gasteiger partial charge in [-0.1, -0.05) is 6.07 Å². The van der Waals surface area contributed by atoms with Gasteiger partial charge in [-0.15, -0.1) is 10.2 Å². The van der Waals surface area contributed by atoms with Crippen molar-refractivity contribution in [3.8, 4) is 0 Å². The van der Waals surface area contributed by atoms with Crippen molar-refractivity contribution in [2.75, 3.05) is 36.0 Å². The number of alkyl halides is 3. The Morgan fingerprint density at radius 1 is 0.960 bits per heavy atom. The van der Waals surface area contributed by atoms with Crippen LogP contribution in [-0.4, -0.2) is 50.7 Å². The Hall–Kier alpha value is -2.91. The Balaban J connectivity index is 1.51. The fourth-order valence-electron chi connectivity index (χ4n) is 2.89. The number of aromatic nitrogens is 5. The first kappa shape index (κ1) is 15.6. The highest BCUT2D eigenvalue weighted by molar-refractivity contribution is 5.51. The second kappa shape index (κ2) is 5.87. The summed E-state index contributed by atoms with van der Waals surface area (Å²) in [4.78, 5) is 11.5. The van der Waals surface area contributed by atoms with E-state index in [4.69, 9.17) is 0 Å². The van der Waals surface area contributed by atoms with Crippen LogP contribution in [-0.2, 0) is 6.18 Å². The molecule has 0 aliphatic carbocycles. The Morgan fingerprint density at radius 3 is 2.48 bits per heavy atom. The van der Waals surface area contributed by atoms with E-state index in [1.54, 1.807) is 11.2 Å². The maximum absolute atomic E-state index is 12.8. The van der Waals surface area contributed by atoms with E-state index < -0.39 is 11.9 Å². The molecule has 0 atom stereocenters. The number of fused-ring (bicyclic) bond motifs is 1. The van der Waals surface area contributed by atoms with E-state index in [1.165, 1.54) is 0 Å². The van der Waals surface area contributed by atoms with E-state index in [2.05, 4.69) is 25.1 Å². The monoisotopic (exact) mass is 349 g/mol. The molecule has 0 amide bonds. The first-order valence-corrected chi connectivity index (χ1v) is 7.71. The van der Waals surface area contributed by atoms with Gasteiger partial charge >= 0.3 is 6.18 Å². The zero-order valence-electron chi connectivity index (χ0n) is 13.1. The molecule has 0 aromatic carbocycles. The quantitative estimate of drug-likeness (QED) is 0.704. The van der Waals surface area contributed by atoms with Crippen LogP contribution in [0.3, 0.4) is 0 Å². The average molecular weight is 349 g/mol. The number of hydrogen-bond acceptors (Lipinski definition) is 6. The molecular formula is C15H14F3N7. The topological polar surface area (TPSA) is 62.5 Å². The largest absolute Gasteiger partial charge is 0.433 e. The zero-order valence-corrected chi connectivity index (χ0v) is 13.1. The van der Waals surface area contributed by atoms with Crippen molar-refractivity contribution in [3.63, 3.8) is 0 Å². The summed E-state index contributed by atoms with van der Waals surface area (Å²) in [6, 6.07) is 6.62. The van der Waals surface area contributed by atoms with Crippen LogP contribution in [0.5, 0.6) is 0 Å². The number of anilines is 2. The normalized spacial score (nSPS) is 15.8. The molecular weight excluding hydrogens is 335 g/mol. The predicted octanol–water partition coefficient (Wildman–Crippen LogP) is 1.86. The van der Waals surface area contributed by atoms with E-state index >= 15 is 0 Å². The zero-order chi connectivity index (χ0) is 17.4. The summed E-state index contributed by atoms with van der Waals surface area (Å²) < 4.78 is 40.3. The van der Waals surface area contributed by atoms with Crippen molar-refractivity contribution < 1.29 is 13.2 Å². The highest BCUT2D eigenvalue weighted by Crippen LogP contribution is 2.28. The van der Waals surface area contributed by atoms with Crippen molar-refractivity contribution in [2.24, 2.45) is 0 Å². The molecule has 0 N–H and O–H groups in total. The van der Waals surface area contributed by atoms with Gasteiger partial charge < -0.3 is 9.80 Å². The van der Waals surface area contributed by atoms with Gasteiger partial charge in [0.1, 0.15) is 17.8 Å². The smallest absolute Gasteiger partial charge is 0.354 e. The second-order valence-electron chi connectivity index (χ2n) is 5.66. The number of pyridine rings is 1. The fourth-order valence-corrected chi connectivity index (χ4v) is 2.89.